The smallest absolute Gasteiger partial charge is 0.317 e. The number of urea groups is 1. The number of carbonyl (C=O) groups is 1. The van der Waals surface area contributed by atoms with Crippen molar-refractivity contribution in [2.75, 3.05) is 7.05 Å². The van der Waals surface area contributed by atoms with E-state index in [1.807, 2.05) is 19.4 Å². The Kier molecular flexibility index (Phi) is 3.43. The topological polar surface area (TPSA) is 45.2 Å². The minimum absolute atomic E-state index is 0.00959. The molecule has 88 valence electrons. The predicted molar refractivity (Wildman–Crippen MR) is 64.5 cm³/mol. The first-order valence-corrected chi connectivity index (χ1v) is 6.46. The fourth-order valence-corrected chi connectivity index (χ4v) is 2.24. The van der Waals surface area contributed by atoms with Crippen molar-refractivity contribution in [1.82, 2.24) is 15.2 Å². The maximum Gasteiger partial charge on any atom is 0.317 e. The van der Waals surface area contributed by atoms with Gasteiger partial charge in [0, 0.05) is 18.5 Å². The predicted octanol–water partition coefficient (Wildman–Crippen LogP) is 2.15. The lowest BCUT2D eigenvalue weighted by molar-refractivity contribution is 0.194. The van der Waals surface area contributed by atoms with Crippen LogP contribution in [0.5, 0.6) is 0 Å². The van der Waals surface area contributed by atoms with Gasteiger partial charge in [-0.05, 0) is 26.2 Å². The molecule has 0 saturated heterocycles. The summed E-state index contributed by atoms with van der Waals surface area (Å²) >= 11 is 1.62. The van der Waals surface area contributed by atoms with Gasteiger partial charge in [0.2, 0.25) is 0 Å². The molecular formula is C11H17N3OS. The zero-order chi connectivity index (χ0) is 11.5. The van der Waals surface area contributed by atoms with E-state index >= 15 is 0 Å². The normalized spacial score (nSPS) is 15.6. The summed E-state index contributed by atoms with van der Waals surface area (Å²) in [6.07, 6.45) is 3.48. The molecule has 0 aromatic carbocycles. The lowest BCUT2D eigenvalue weighted by Crippen LogP contribution is -2.45. The molecule has 1 aliphatic carbocycles. The number of hydrogen-bond acceptors (Lipinski definition) is 3. The Balaban J connectivity index is 1.82. The summed E-state index contributed by atoms with van der Waals surface area (Å²) in [6.45, 7) is 2.56. The number of carbonyl (C=O) groups excluding carboxylic acids is 1. The van der Waals surface area contributed by atoms with Crippen LogP contribution in [0.4, 0.5) is 4.79 Å². The first-order valence-electron chi connectivity index (χ1n) is 5.58. The number of amides is 2. The van der Waals surface area contributed by atoms with Crippen LogP contribution in [0.2, 0.25) is 0 Å². The van der Waals surface area contributed by atoms with Crippen molar-refractivity contribution in [3.63, 3.8) is 0 Å². The molecule has 0 radical (unpaired) electrons. The largest absolute Gasteiger partial charge is 0.335 e. The molecule has 2 amide bonds. The molecule has 0 unspecified atom stereocenters. The summed E-state index contributed by atoms with van der Waals surface area (Å²) in [6, 6.07) is 0.405. The molecule has 0 atom stereocenters. The summed E-state index contributed by atoms with van der Waals surface area (Å²) in [5, 5.41) is 6.05. The summed E-state index contributed by atoms with van der Waals surface area (Å²) in [7, 11) is 1.81. The van der Waals surface area contributed by atoms with Crippen molar-refractivity contribution < 1.29 is 4.79 Å². The summed E-state index contributed by atoms with van der Waals surface area (Å²) in [5.41, 5.74) is 0.966. The Morgan fingerprint density at radius 3 is 2.94 bits per heavy atom. The van der Waals surface area contributed by atoms with E-state index in [0.29, 0.717) is 12.6 Å². The van der Waals surface area contributed by atoms with Crippen molar-refractivity contribution in [2.24, 2.45) is 0 Å². The number of nitrogens with one attached hydrogen (secondary N) is 1. The van der Waals surface area contributed by atoms with Gasteiger partial charge in [-0.25, -0.2) is 9.78 Å². The third-order valence-electron chi connectivity index (χ3n) is 2.85. The fourth-order valence-electron chi connectivity index (χ4n) is 1.63. The molecule has 1 aliphatic rings. The second-order valence-corrected chi connectivity index (χ2v) is 5.35. The van der Waals surface area contributed by atoms with Gasteiger partial charge >= 0.3 is 6.03 Å². The van der Waals surface area contributed by atoms with Crippen LogP contribution in [0.1, 0.15) is 30.0 Å². The lowest BCUT2D eigenvalue weighted by atomic mass is 9.93. The number of nitrogens with zero attached hydrogens (tertiary/aromatic N) is 2. The maximum absolute atomic E-state index is 11.7. The van der Waals surface area contributed by atoms with Crippen LogP contribution in [-0.4, -0.2) is 29.0 Å². The zero-order valence-electron chi connectivity index (χ0n) is 9.69. The number of thiazole rings is 1. The molecule has 1 saturated carbocycles. The number of aromatic nitrogens is 1. The van der Waals surface area contributed by atoms with Gasteiger partial charge in [-0.2, -0.15) is 0 Å². The minimum Gasteiger partial charge on any atom is -0.335 e. The summed E-state index contributed by atoms with van der Waals surface area (Å²) < 4.78 is 0. The molecule has 5 heteroatoms. The van der Waals surface area contributed by atoms with E-state index in [1.165, 1.54) is 6.42 Å². The average Bonchev–Trinajstić information content (AvgIpc) is 2.57. The van der Waals surface area contributed by atoms with Crippen LogP contribution < -0.4 is 5.32 Å². The molecule has 16 heavy (non-hydrogen) atoms. The first-order chi connectivity index (χ1) is 7.65. The summed E-state index contributed by atoms with van der Waals surface area (Å²) in [5.74, 6) is 0. The highest BCUT2D eigenvalue weighted by atomic mass is 32.1. The van der Waals surface area contributed by atoms with E-state index < -0.39 is 0 Å². The Hall–Kier alpha value is -1.10. The van der Waals surface area contributed by atoms with E-state index in [0.717, 1.165) is 23.5 Å². The molecule has 1 heterocycles. The summed E-state index contributed by atoms with van der Waals surface area (Å²) in [4.78, 5) is 17.8. The van der Waals surface area contributed by atoms with Crippen molar-refractivity contribution in [2.45, 2.75) is 38.8 Å². The molecular weight excluding hydrogens is 222 g/mol. The van der Waals surface area contributed by atoms with Gasteiger partial charge in [0.15, 0.2) is 0 Å². The van der Waals surface area contributed by atoms with Crippen molar-refractivity contribution in [3.8, 4) is 0 Å². The van der Waals surface area contributed by atoms with Gasteiger partial charge in [-0.15, -0.1) is 11.3 Å². The van der Waals surface area contributed by atoms with Crippen molar-refractivity contribution >= 4 is 17.4 Å². The van der Waals surface area contributed by atoms with Crippen LogP contribution in [0.3, 0.4) is 0 Å². The van der Waals surface area contributed by atoms with Crippen LogP contribution in [0, 0.1) is 6.92 Å². The first kappa shape index (κ1) is 11.4. The molecule has 1 N–H and O–H groups in total. The highest BCUT2D eigenvalue weighted by molar-refractivity contribution is 7.09. The van der Waals surface area contributed by atoms with Crippen molar-refractivity contribution in [3.05, 3.63) is 16.1 Å². The van der Waals surface area contributed by atoms with Crippen LogP contribution in [-0.2, 0) is 6.54 Å². The second kappa shape index (κ2) is 4.82. The molecule has 2 rings (SSSR count). The Morgan fingerprint density at radius 1 is 1.69 bits per heavy atom. The molecule has 0 aliphatic heterocycles. The molecule has 0 bridgehead atoms. The van der Waals surface area contributed by atoms with Gasteiger partial charge in [-0.3, -0.25) is 0 Å². The highest BCUT2D eigenvalue weighted by Crippen LogP contribution is 2.18. The number of aryl methyl sites for hydroxylation is 1. The van der Waals surface area contributed by atoms with E-state index in [9.17, 15) is 4.79 Å². The van der Waals surface area contributed by atoms with Crippen molar-refractivity contribution in [1.29, 1.82) is 0 Å². The number of hydrogen-bond donors (Lipinski definition) is 1. The van der Waals surface area contributed by atoms with Gasteiger partial charge in [-0.1, -0.05) is 0 Å². The van der Waals surface area contributed by atoms with Gasteiger partial charge in [0.25, 0.3) is 0 Å². The molecule has 0 spiro atoms. The highest BCUT2D eigenvalue weighted by Gasteiger charge is 2.21. The van der Waals surface area contributed by atoms with Gasteiger partial charge < -0.3 is 10.2 Å². The standard InChI is InChI=1S/C11H17N3OS/c1-8-12-10(7-16-8)6-14(2)11(15)13-9-4-3-5-9/h7,9H,3-6H2,1-2H3,(H,13,15). The van der Waals surface area contributed by atoms with Crippen LogP contribution >= 0.6 is 11.3 Å². The fraction of sp³-hybridized carbons (Fsp3) is 0.636. The quantitative estimate of drug-likeness (QED) is 0.878. The average molecular weight is 239 g/mol. The minimum atomic E-state index is 0.00959. The monoisotopic (exact) mass is 239 g/mol. The molecule has 1 fully saturated rings. The Bertz CT molecular complexity index is 373. The van der Waals surface area contributed by atoms with E-state index in [-0.39, 0.29) is 6.03 Å². The molecule has 4 nitrogen and oxygen atoms in total. The maximum atomic E-state index is 11.7. The van der Waals surface area contributed by atoms with Gasteiger partial charge in [0.1, 0.15) is 0 Å². The number of rotatable bonds is 3. The van der Waals surface area contributed by atoms with E-state index in [2.05, 4.69) is 10.3 Å². The Morgan fingerprint density at radius 2 is 2.44 bits per heavy atom. The molecule has 1 aromatic heterocycles. The van der Waals surface area contributed by atoms with Crippen LogP contribution in [0.25, 0.3) is 0 Å². The van der Waals surface area contributed by atoms with E-state index in [4.69, 9.17) is 0 Å². The lowest BCUT2D eigenvalue weighted by Gasteiger charge is -2.28. The Labute approximate surface area is 99.7 Å². The third kappa shape index (κ3) is 2.72. The van der Waals surface area contributed by atoms with Gasteiger partial charge in [0.05, 0.1) is 17.2 Å². The van der Waals surface area contributed by atoms with E-state index in [1.54, 1.807) is 16.2 Å². The van der Waals surface area contributed by atoms with Crippen LogP contribution in [0.15, 0.2) is 5.38 Å². The molecule has 1 aromatic rings. The zero-order valence-corrected chi connectivity index (χ0v) is 10.5. The second-order valence-electron chi connectivity index (χ2n) is 4.29. The SMILES string of the molecule is Cc1nc(CN(C)C(=O)NC2CCC2)cs1. The third-order valence-corrected chi connectivity index (χ3v) is 3.67.